The van der Waals surface area contributed by atoms with Gasteiger partial charge in [0.25, 0.3) is 0 Å². The molecule has 7 heteroatoms. The molecule has 0 atom stereocenters. The van der Waals surface area contributed by atoms with E-state index < -0.39 is 17.2 Å². The molecule has 1 aromatic heterocycles. The summed E-state index contributed by atoms with van der Waals surface area (Å²) >= 11 is 0. The summed E-state index contributed by atoms with van der Waals surface area (Å²) in [6.07, 6.45) is 4.58. The van der Waals surface area contributed by atoms with E-state index >= 15 is 4.39 Å². The van der Waals surface area contributed by atoms with Crippen LogP contribution in [0.2, 0.25) is 0 Å². The molecule has 4 rings (SSSR count). The van der Waals surface area contributed by atoms with Crippen LogP contribution in [0, 0.1) is 5.82 Å². The first-order valence-corrected chi connectivity index (χ1v) is 9.48. The first kappa shape index (κ1) is 18.0. The number of benzene rings is 1. The Hall–Kier alpha value is -2.41. The van der Waals surface area contributed by atoms with Crippen LogP contribution in [0.5, 0.6) is 0 Å². The number of fused-ring (bicyclic) bond motifs is 1. The number of carboxylic acids is 1. The molecule has 0 bridgehead atoms. The maximum absolute atomic E-state index is 15.1. The van der Waals surface area contributed by atoms with Crippen molar-refractivity contribution in [1.82, 2.24) is 4.57 Å². The number of hydrogen-bond donors (Lipinski definition) is 2. The average Bonchev–Trinajstić information content (AvgIpc) is 3.47. The van der Waals surface area contributed by atoms with Crippen LogP contribution in [0.4, 0.5) is 10.1 Å². The smallest absolute Gasteiger partial charge is 0.341 e. The molecule has 2 aromatic rings. The number of halogens is 1. The van der Waals surface area contributed by atoms with E-state index in [9.17, 15) is 19.8 Å². The number of rotatable bonds is 4. The number of pyridine rings is 1. The molecule has 2 N–H and O–H groups in total. The lowest BCUT2D eigenvalue weighted by Gasteiger charge is -2.33. The zero-order chi connectivity index (χ0) is 19.3. The summed E-state index contributed by atoms with van der Waals surface area (Å²) in [5, 5.41) is 19.3. The van der Waals surface area contributed by atoms with Crippen molar-refractivity contribution in [3.63, 3.8) is 0 Å². The fraction of sp³-hybridized carbons (Fsp3) is 0.500. The first-order valence-electron chi connectivity index (χ1n) is 9.48. The number of carbonyl (C=O) groups is 1. The standard InChI is InChI=1S/C20H23FN2O4/c1-2-13-17-14(9-16(21)18(13)22-7-5-12(24)6-8-22)19(25)15(20(26)27)10-23(17)11-3-4-11/h9-12,24H,2-8H2,1H3,(H,26,27). The predicted octanol–water partition coefficient (Wildman–Crippen LogP) is 2.70. The lowest BCUT2D eigenvalue weighted by molar-refractivity contribution is 0.0694. The third kappa shape index (κ3) is 3.00. The van der Waals surface area contributed by atoms with Crippen molar-refractivity contribution < 1.29 is 19.4 Å². The van der Waals surface area contributed by atoms with Crippen LogP contribution in [0.1, 0.15) is 54.6 Å². The second-order valence-electron chi connectivity index (χ2n) is 7.47. The Kier molecular flexibility index (Phi) is 4.42. The zero-order valence-corrected chi connectivity index (χ0v) is 15.2. The van der Waals surface area contributed by atoms with Gasteiger partial charge in [0.1, 0.15) is 11.4 Å². The van der Waals surface area contributed by atoms with Gasteiger partial charge in [-0.05, 0) is 38.2 Å². The minimum atomic E-state index is -1.29. The lowest BCUT2D eigenvalue weighted by atomic mass is 9.99. The first-order chi connectivity index (χ1) is 12.9. The number of aromatic nitrogens is 1. The number of nitrogens with zero attached hydrogens (tertiary/aromatic N) is 2. The number of aliphatic hydroxyl groups excluding tert-OH is 1. The molecule has 2 fully saturated rings. The second-order valence-corrected chi connectivity index (χ2v) is 7.47. The molecule has 0 amide bonds. The predicted molar refractivity (Wildman–Crippen MR) is 100 cm³/mol. The molecule has 0 unspecified atom stereocenters. The van der Waals surface area contributed by atoms with Gasteiger partial charge in [-0.15, -0.1) is 0 Å². The highest BCUT2D eigenvalue weighted by molar-refractivity contribution is 5.95. The molecule has 2 aliphatic rings. The van der Waals surface area contributed by atoms with Gasteiger partial charge >= 0.3 is 5.97 Å². The third-order valence-corrected chi connectivity index (χ3v) is 5.64. The molecular weight excluding hydrogens is 351 g/mol. The van der Waals surface area contributed by atoms with Gasteiger partial charge in [0.15, 0.2) is 0 Å². The van der Waals surface area contributed by atoms with Gasteiger partial charge in [-0.1, -0.05) is 6.92 Å². The molecular formula is C20H23FN2O4. The minimum Gasteiger partial charge on any atom is -0.477 e. The topological polar surface area (TPSA) is 82.8 Å². The molecule has 144 valence electrons. The molecule has 1 aliphatic heterocycles. The van der Waals surface area contributed by atoms with Crippen LogP contribution in [0.3, 0.4) is 0 Å². The van der Waals surface area contributed by atoms with E-state index in [4.69, 9.17) is 0 Å². The lowest BCUT2D eigenvalue weighted by Crippen LogP contribution is -2.37. The SMILES string of the molecule is CCc1c(N2CCC(O)CC2)c(F)cc2c(=O)c(C(=O)O)cn(C3CC3)c12. The highest BCUT2D eigenvalue weighted by Gasteiger charge is 2.30. The maximum atomic E-state index is 15.1. The van der Waals surface area contributed by atoms with Crippen LogP contribution in [0.15, 0.2) is 17.1 Å². The molecule has 1 saturated heterocycles. The molecule has 6 nitrogen and oxygen atoms in total. The van der Waals surface area contributed by atoms with E-state index in [1.54, 1.807) is 0 Å². The van der Waals surface area contributed by atoms with Crippen LogP contribution in [-0.2, 0) is 6.42 Å². The van der Waals surface area contributed by atoms with Crippen LogP contribution in [-0.4, -0.2) is 39.9 Å². The van der Waals surface area contributed by atoms with Crippen molar-refractivity contribution in [1.29, 1.82) is 0 Å². The van der Waals surface area contributed by atoms with E-state index in [-0.39, 0.29) is 23.1 Å². The maximum Gasteiger partial charge on any atom is 0.341 e. The van der Waals surface area contributed by atoms with Crippen LogP contribution >= 0.6 is 0 Å². The average molecular weight is 374 g/mol. The van der Waals surface area contributed by atoms with Crippen molar-refractivity contribution in [2.45, 2.75) is 51.2 Å². The quantitative estimate of drug-likeness (QED) is 0.860. The van der Waals surface area contributed by atoms with Crippen LogP contribution in [0.25, 0.3) is 10.9 Å². The van der Waals surface area contributed by atoms with Crippen molar-refractivity contribution in [2.24, 2.45) is 0 Å². The Labute approximate surface area is 155 Å². The number of aromatic carboxylic acids is 1. The van der Waals surface area contributed by atoms with Crippen molar-refractivity contribution in [3.8, 4) is 0 Å². The van der Waals surface area contributed by atoms with Gasteiger partial charge in [0.05, 0.1) is 17.3 Å². The molecule has 1 aliphatic carbocycles. The highest BCUT2D eigenvalue weighted by Crippen LogP contribution is 2.40. The Bertz CT molecular complexity index is 972. The van der Waals surface area contributed by atoms with Crippen molar-refractivity contribution in [3.05, 3.63) is 39.4 Å². The summed E-state index contributed by atoms with van der Waals surface area (Å²) in [7, 11) is 0. The number of aliphatic hydroxyl groups is 1. The molecule has 0 spiro atoms. The number of carboxylic acid groups (broad SMARTS) is 1. The Balaban J connectivity index is 2.00. The molecule has 1 saturated carbocycles. The Morgan fingerprint density at radius 1 is 1.26 bits per heavy atom. The molecule has 0 radical (unpaired) electrons. The van der Waals surface area contributed by atoms with E-state index in [1.165, 1.54) is 12.3 Å². The largest absolute Gasteiger partial charge is 0.477 e. The highest BCUT2D eigenvalue weighted by atomic mass is 19.1. The number of anilines is 1. The van der Waals surface area contributed by atoms with E-state index in [2.05, 4.69) is 0 Å². The zero-order valence-electron chi connectivity index (χ0n) is 15.2. The van der Waals surface area contributed by atoms with E-state index in [0.29, 0.717) is 43.6 Å². The number of hydrogen-bond acceptors (Lipinski definition) is 4. The monoisotopic (exact) mass is 374 g/mol. The second kappa shape index (κ2) is 6.64. The molecule has 1 aromatic carbocycles. The van der Waals surface area contributed by atoms with Crippen LogP contribution < -0.4 is 10.3 Å². The van der Waals surface area contributed by atoms with Crippen molar-refractivity contribution in [2.75, 3.05) is 18.0 Å². The molecule has 27 heavy (non-hydrogen) atoms. The fourth-order valence-electron chi connectivity index (χ4n) is 4.12. The summed E-state index contributed by atoms with van der Waals surface area (Å²) in [6.45, 7) is 3.03. The van der Waals surface area contributed by atoms with Gasteiger partial charge in [-0.3, -0.25) is 4.79 Å². The summed E-state index contributed by atoms with van der Waals surface area (Å²) in [5.41, 5.74) is 0.918. The summed E-state index contributed by atoms with van der Waals surface area (Å²) < 4.78 is 17.0. The number of aryl methyl sites for hydroxylation is 1. The summed E-state index contributed by atoms with van der Waals surface area (Å²) in [6, 6.07) is 1.35. The fourth-order valence-corrected chi connectivity index (χ4v) is 4.12. The minimum absolute atomic E-state index is 0.136. The van der Waals surface area contributed by atoms with Gasteiger partial charge in [0.2, 0.25) is 5.43 Å². The Morgan fingerprint density at radius 2 is 1.93 bits per heavy atom. The van der Waals surface area contributed by atoms with Crippen molar-refractivity contribution >= 4 is 22.6 Å². The van der Waals surface area contributed by atoms with Gasteiger partial charge < -0.3 is 19.7 Å². The van der Waals surface area contributed by atoms with Gasteiger partial charge in [-0.25, -0.2) is 9.18 Å². The molecule has 2 heterocycles. The third-order valence-electron chi connectivity index (χ3n) is 5.64. The van der Waals surface area contributed by atoms with E-state index in [0.717, 1.165) is 18.4 Å². The normalized spacial score (nSPS) is 18.3. The van der Waals surface area contributed by atoms with E-state index in [1.807, 2.05) is 16.4 Å². The summed E-state index contributed by atoms with van der Waals surface area (Å²) in [4.78, 5) is 26.2. The number of piperidine rings is 1. The van der Waals surface area contributed by atoms with Gasteiger partial charge in [0, 0.05) is 36.3 Å². The van der Waals surface area contributed by atoms with Gasteiger partial charge in [-0.2, -0.15) is 0 Å². The summed E-state index contributed by atoms with van der Waals surface area (Å²) in [5.74, 6) is -1.79. The Morgan fingerprint density at radius 3 is 2.48 bits per heavy atom.